The summed E-state index contributed by atoms with van der Waals surface area (Å²) in [6, 6.07) is 10.5. The largest absolute Gasteiger partial charge is 0.307 e. The van der Waals surface area contributed by atoms with E-state index in [-0.39, 0.29) is 0 Å². The second-order valence-corrected chi connectivity index (χ2v) is 4.72. The Labute approximate surface area is 117 Å². The van der Waals surface area contributed by atoms with E-state index >= 15 is 0 Å². The van der Waals surface area contributed by atoms with Gasteiger partial charge in [-0.25, -0.2) is 4.98 Å². The van der Waals surface area contributed by atoms with Crippen LogP contribution >= 0.6 is 0 Å². The minimum Gasteiger partial charge on any atom is -0.307 e. The highest BCUT2D eigenvalue weighted by Crippen LogP contribution is 2.09. The van der Waals surface area contributed by atoms with Crippen molar-refractivity contribution in [3.05, 3.63) is 66.5 Å². The Balaban J connectivity index is 1.56. The maximum atomic E-state index is 4.33. The predicted octanol–water partition coefficient (Wildman–Crippen LogP) is 1.90. The molecule has 102 valence electrons. The van der Waals surface area contributed by atoms with Gasteiger partial charge >= 0.3 is 0 Å². The SMILES string of the molecule is Cn1ccc(CNCc2ccc(-n3ccnc3)cc2)n1. The lowest BCUT2D eigenvalue weighted by molar-refractivity contribution is 0.656. The molecule has 1 N–H and O–H groups in total. The number of aryl methyl sites for hydroxylation is 1. The van der Waals surface area contributed by atoms with Gasteiger partial charge in [0.1, 0.15) is 0 Å². The van der Waals surface area contributed by atoms with Gasteiger partial charge in [0.2, 0.25) is 0 Å². The number of hydrogen-bond donors (Lipinski definition) is 1. The van der Waals surface area contributed by atoms with Crippen LogP contribution in [-0.2, 0) is 20.1 Å². The third-order valence-electron chi connectivity index (χ3n) is 3.14. The number of nitrogens with zero attached hydrogens (tertiary/aromatic N) is 4. The van der Waals surface area contributed by atoms with Gasteiger partial charge in [-0.3, -0.25) is 4.68 Å². The summed E-state index contributed by atoms with van der Waals surface area (Å²) in [6.07, 6.45) is 7.47. The summed E-state index contributed by atoms with van der Waals surface area (Å²) < 4.78 is 3.81. The Bertz CT molecular complexity index is 652. The van der Waals surface area contributed by atoms with E-state index in [2.05, 4.69) is 39.7 Å². The molecule has 0 unspecified atom stereocenters. The molecular weight excluding hydrogens is 250 g/mol. The molecule has 0 saturated carbocycles. The van der Waals surface area contributed by atoms with Crippen LogP contribution in [0.3, 0.4) is 0 Å². The van der Waals surface area contributed by atoms with Crippen LogP contribution in [0.25, 0.3) is 5.69 Å². The summed E-state index contributed by atoms with van der Waals surface area (Å²) in [5.41, 5.74) is 3.43. The zero-order valence-corrected chi connectivity index (χ0v) is 11.4. The molecule has 5 heteroatoms. The lowest BCUT2D eigenvalue weighted by Gasteiger charge is -2.06. The van der Waals surface area contributed by atoms with Crippen LogP contribution in [0.1, 0.15) is 11.3 Å². The minimum absolute atomic E-state index is 0.782. The van der Waals surface area contributed by atoms with Crippen molar-refractivity contribution in [2.45, 2.75) is 13.1 Å². The van der Waals surface area contributed by atoms with Crippen molar-refractivity contribution in [3.8, 4) is 5.69 Å². The first-order chi connectivity index (χ1) is 9.81. The molecular formula is C15H17N5. The van der Waals surface area contributed by atoms with E-state index in [1.165, 1.54) is 5.56 Å². The average molecular weight is 267 g/mol. The fourth-order valence-electron chi connectivity index (χ4n) is 2.09. The normalized spacial score (nSPS) is 10.8. The zero-order chi connectivity index (χ0) is 13.8. The second-order valence-electron chi connectivity index (χ2n) is 4.72. The molecule has 0 fully saturated rings. The van der Waals surface area contributed by atoms with Crippen molar-refractivity contribution in [1.82, 2.24) is 24.6 Å². The Kier molecular flexibility index (Phi) is 3.60. The molecule has 1 aromatic carbocycles. The lowest BCUT2D eigenvalue weighted by Crippen LogP contribution is -2.13. The van der Waals surface area contributed by atoms with Crippen molar-refractivity contribution in [2.24, 2.45) is 7.05 Å². The van der Waals surface area contributed by atoms with E-state index in [1.807, 2.05) is 34.8 Å². The number of imidazole rings is 1. The van der Waals surface area contributed by atoms with Crippen LogP contribution in [0.2, 0.25) is 0 Å². The lowest BCUT2D eigenvalue weighted by atomic mass is 10.2. The molecule has 0 atom stereocenters. The second kappa shape index (κ2) is 5.71. The van der Waals surface area contributed by atoms with E-state index in [0.717, 1.165) is 24.5 Å². The van der Waals surface area contributed by atoms with Gasteiger partial charge in [-0.1, -0.05) is 12.1 Å². The van der Waals surface area contributed by atoms with Crippen LogP contribution in [0, 0.1) is 0 Å². The number of hydrogen-bond acceptors (Lipinski definition) is 3. The van der Waals surface area contributed by atoms with E-state index in [4.69, 9.17) is 0 Å². The van der Waals surface area contributed by atoms with Gasteiger partial charge in [0.05, 0.1) is 12.0 Å². The number of nitrogens with one attached hydrogen (secondary N) is 1. The summed E-state index contributed by atoms with van der Waals surface area (Å²) in [7, 11) is 1.93. The molecule has 0 amide bonds. The highest BCUT2D eigenvalue weighted by Gasteiger charge is 1.98. The summed E-state index contributed by atoms with van der Waals surface area (Å²) in [6.45, 7) is 1.62. The van der Waals surface area contributed by atoms with Crippen molar-refractivity contribution < 1.29 is 0 Å². The Morgan fingerprint density at radius 2 is 1.90 bits per heavy atom. The van der Waals surface area contributed by atoms with Gasteiger partial charge in [0.25, 0.3) is 0 Å². The molecule has 0 aliphatic rings. The first-order valence-corrected chi connectivity index (χ1v) is 6.58. The Hall–Kier alpha value is -2.40. The van der Waals surface area contributed by atoms with Crippen LogP contribution in [0.15, 0.2) is 55.2 Å². The molecule has 2 heterocycles. The molecule has 3 rings (SSSR count). The van der Waals surface area contributed by atoms with Crippen molar-refractivity contribution in [3.63, 3.8) is 0 Å². The van der Waals surface area contributed by atoms with Gasteiger partial charge in [0, 0.05) is 44.4 Å². The summed E-state index contributed by atoms with van der Waals surface area (Å²) in [5, 5.41) is 7.72. The van der Waals surface area contributed by atoms with E-state index in [0.29, 0.717) is 0 Å². The topological polar surface area (TPSA) is 47.7 Å². The molecule has 0 aliphatic heterocycles. The van der Waals surface area contributed by atoms with Crippen LogP contribution in [0.4, 0.5) is 0 Å². The number of rotatable bonds is 5. The Morgan fingerprint density at radius 3 is 2.55 bits per heavy atom. The molecule has 2 aromatic heterocycles. The predicted molar refractivity (Wildman–Crippen MR) is 77.3 cm³/mol. The Morgan fingerprint density at radius 1 is 1.05 bits per heavy atom. The summed E-state index contributed by atoms with van der Waals surface area (Å²) in [5.74, 6) is 0. The van der Waals surface area contributed by atoms with E-state index in [9.17, 15) is 0 Å². The monoisotopic (exact) mass is 267 g/mol. The van der Waals surface area contributed by atoms with Crippen molar-refractivity contribution in [2.75, 3.05) is 0 Å². The average Bonchev–Trinajstić information content (AvgIpc) is 3.11. The third kappa shape index (κ3) is 2.95. The minimum atomic E-state index is 0.782. The van der Waals surface area contributed by atoms with Gasteiger partial charge in [-0.15, -0.1) is 0 Å². The van der Waals surface area contributed by atoms with E-state index in [1.54, 1.807) is 12.5 Å². The maximum Gasteiger partial charge on any atom is 0.0991 e. The number of benzene rings is 1. The highest BCUT2D eigenvalue weighted by atomic mass is 15.3. The van der Waals surface area contributed by atoms with Gasteiger partial charge in [-0.2, -0.15) is 5.10 Å². The quantitative estimate of drug-likeness (QED) is 0.768. The molecule has 0 saturated heterocycles. The third-order valence-corrected chi connectivity index (χ3v) is 3.14. The molecule has 20 heavy (non-hydrogen) atoms. The maximum absolute atomic E-state index is 4.33. The van der Waals surface area contributed by atoms with Crippen molar-refractivity contribution >= 4 is 0 Å². The molecule has 0 spiro atoms. The van der Waals surface area contributed by atoms with Crippen LogP contribution < -0.4 is 5.32 Å². The molecule has 0 radical (unpaired) electrons. The summed E-state index contributed by atoms with van der Waals surface area (Å²) >= 11 is 0. The molecule has 3 aromatic rings. The van der Waals surface area contributed by atoms with E-state index < -0.39 is 0 Å². The highest BCUT2D eigenvalue weighted by molar-refractivity contribution is 5.34. The summed E-state index contributed by atoms with van der Waals surface area (Å²) in [4.78, 5) is 4.05. The zero-order valence-electron chi connectivity index (χ0n) is 11.4. The molecule has 0 aliphatic carbocycles. The first kappa shape index (κ1) is 12.6. The van der Waals surface area contributed by atoms with Gasteiger partial charge < -0.3 is 9.88 Å². The number of aromatic nitrogens is 4. The van der Waals surface area contributed by atoms with Crippen molar-refractivity contribution in [1.29, 1.82) is 0 Å². The fraction of sp³-hybridized carbons (Fsp3) is 0.200. The fourth-order valence-corrected chi connectivity index (χ4v) is 2.09. The van der Waals surface area contributed by atoms with Gasteiger partial charge in [0.15, 0.2) is 0 Å². The molecule has 5 nitrogen and oxygen atoms in total. The van der Waals surface area contributed by atoms with Crippen LogP contribution in [-0.4, -0.2) is 19.3 Å². The standard InChI is InChI=1S/C15H17N5/c1-19-8-6-14(18-19)11-17-10-13-2-4-15(5-3-13)20-9-7-16-12-20/h2-9,12,17H,10-11H2,1H3. The first-order valence-electron chi connectivity index (χ1n) is 6.58. The smallest absolute Gasteiger partial charge is 0.0991 e. The molecule has 0 bridgehead atoms. The van der Waals surface area contributed by atoms with Crippen LogP contribution in [0.5, 0.6) is 0 Å². The van der Waals surface area contributed by atoms with Gasteiger partial charge in [-0.05, 0) is 23.8 Å².